The van der Waals surface area contributed by atoms with Crippen molar-refractivity contribution < 1.29 is 4.74 Å². The number of aryl methyl sites for hydroxylation is 1. The maximum absolute atomic E-state index is 5.85. The fourth-order valence-electron chi connectivity index (χ4n) is 3.35. The highest BCUT2D eigenvalue weighted by Crippen LogP contribution is 2.37. The fraction of sp³-hybridized carbons (Fsp3) is 0.812. The van der Waals surface area contributed by atoms with Crippen LogP contribution in [0.3, 0.4) is 0 Å². The molecule has 1 fully saturated rings. The van der Waals surface area contributed by atoms with Crippen molar-refractivity contribution in [1.29, 1.82) is 0 Å². The van der Waals surface area contributed by atoms with Gasteiger partial charge in [0.25, 0.3) is 0 Å². The maximum Gasteiger partial charge on any atom is 0.185 e. The molecule has 2 heterocycles. The molecule has 2 unspecified atom stereocenters. The third kappa shape index (κ3) is 3.58. The molecule has 1 aliphatic carbocycles. The summed E-state index contributed by atoms with van der Waals surface area (Å²) in [4.78, 5) is 8.66. The van der Waals surface area contributed by atoms with E-state index in [0.717, 1.165) is 26.1 Å². The zero-order chi connectivity index (χ0) is 14.7. The largest absolute Gasteiger partial charge is 0.376 e. The van der Waals surface area contributed by atoms with Crippen molar-refractivity contribution in [2.75, 3.05) is 31.6 Å². The van der Waals surface area contributed by atoms with E-state index in [9.17, 15) is 0 Å². The third-order valence-corrected chi connectivity index (χ3v) is 5.79. The standard InChI is InChI=1S/C16H27N3OS/c1-3-17-13-8-6-9-14-15(13)21-16(18-14)19(2)11-12-7-4-5-10-20-12/h12-13,17H,3-11H2,1-2H3. The lowest BCUT2D eigenvalue weighted by Gasteiger charge is -2.27. The van der Waals surface area contributed by atoms with Crippen molar-refractivity contribution in [2.24, 2.45) is 0 Å². The van der Waals surface area contributed by atoms with E-state index < -0.39 is 0 Å². The predicted molar refractivity (Wildman–Crippen MR) is 88.3 cm³/mol. The third-order valence-electron chi connectivity index (χ3n) is 4.47. The Morgan fingerprint density at radius 2 is 2.24 bits per heavy atom. The van der Waals surface area contributed by atoms with E-state index in [1.54, 1.807) is 0 Å². The van der Waals surface area contributed by atoms with Crippen molar-refractivity contribution in [1.82, 2.24) is 10.3 Å². The van der Waals surface area contributed by atoms with Gasteiger partial charge in [-0.05, 0) is 45.1 Å². The second-order valence-corrected chi connectivity index (χ2v) is 7.19. The Labute approximate surface area is 131 Å². The minimum Gasteiger partial charge on any atom is -0.376 e. The van der Waals surface area contributed by atoms with Crippen LogP contribution in [-0.2, 0) is 11.2 Å². The first-order chi connectivity index (χ1) is 10.3. The molecule has 0 spiro atoms. The van der Waals surface area contributed by atoms with Gasteiger partial charge in [0, 0.05) is 31.1 Å². The van der Waals surface area contributed by atoms with Gasteiger partial charge in [-0.15, -0.1) is 0 Å². The molecular weight excluding hydrogens is 282 g/mol. The van der Waals surface area contributed by atoms with Crippen LogP contribution in [0.2, 0.25) is 0 Å². The molecule has 0 saturated carbocycles. The molecule has 0 bridgehead atoms. The normalized spacial score (nSPS) is 25.6. The van der Waals surface area contributed by atoms with Gasteiger partial charge in [-0.3, -0.25) is 0 Å². The Bertz CT molecular complexity index is 456. The lowest BCUT2D eigenvalue weighted by atomic mass is 9.98. The summed E-state index contributed by atoms with van der Waals surface area (Å²) in [5.41, 5.74) is 1.32. The van der Waals surface area contributed by atoms with E-state index in [1.807, 2.05) is 11.3 Å². The number of likely N-dealkylation sites (N-methyl/N-ethyl adjacent to an activating group) is 1. The molecule has 4 nitrogen and oxygen atoms in total. The Hall–Kier alpha value is -0.650. The molecule has 2 aliphatic rings. The van der Waals surface area contributed by atoms with Crippen LogP contribution < -0.4 is 10.2 Å². The summed E-state index contributed by atoms with van der Waals surface area (Å²) in [6.45, 7) is 5.11. The average Bonchev–Trinajstić information content (AvgIpc) is 2.94. The molecule has 1 N–H and O–H groups in total. The van der Waals surface area contributed by atoms with E-state index >= 15 is 0 Å². The lowest BCUT2D eigenvalue weighted by molar-refractivity contribution is 0.0216. The van der Waals surface area contributed by atoms with E-state index in [0.29, 0.717) is 12.1 Å². The molecule has 0 amide bonds. The van der Waals surface area contributed by atoms with Gasteiger partial charge in [0.05, 0.1) is 11.8 Å². The van der Waals surface area contributed by atoms with Crippen LogP contribution >= 0.6 is 11.3 Å². The minimum absolute atomic E-state index is 0.384. The SMILES string of the molecule is CCNC1CCCc2nc(N(C)CC3CCCCO3)sc21. The fourth-order valence-corrected chi connectivity index (χ4v) is 4.54. The number of thiazole rings is 1. The van der Waals surface area contributed by atoms with Crippen molar-refractivity contribution in [3.63, 3.8) is 0 Å². The zero-order valence-electron chi connectivity index (χ0n) is 13.2. The number of fused-ring (bicyclic) bond motifs is 1. The summed E-state index contributed by atoms with van der Waals surface area (Å²) < 4.78 is 5.85. The van der Waals surface area contributed by atoms with E-state index in [1.165, 1.54) is 47.8 Å². The Morgan fingerprint density at radius 3 is 3.00 bits per heavy atom. The number of hydrogen-bond acceptors (Lipinski definition) is 5. The molecule has 21 heavy (non-hydrogen) atoms. The summed E-state index contributed by atoms with van der Waals surface area (Å²) >= 11 is 1.88. The van der Waals surface area contributed by atoms with Crippen molar-refractivity contribution >= 4 is 16.5 Å². The summed E-state index contributed by atoms with van der Waals surface area (Å²) in [6, 6.07) is 0.518. The zero-order valence-corrected chi connectivity index (χ0v) is 14.0. The van der Waals surface area contributed by atoms with Gasteiger partial charge in [0.1, 0.15) is 0 Å². The summed E-state index contributed by atoms with van der Waals surface area (Å²) in [6.07, 6.45) is 7.73. The van der Waals surface area contributed by atoms with Gasteiger partial charge in [0.15, 0.2) is 5.13 Å². The number of nitrogens with zero attached hydrogens (tertiary/aromatic N) is 2. The Balaban J connectivity index is 1.67. The van der Waals surface area contributed by atoms with Gasteiger partial charge >= 0.3 is 0 Å². The smallest absolute Gasteiger partial charge is 0.185 e. The number of rotatable bonds is 5. The van der Waals surface area contributed by atoms with Crippen LogP contribution in [0.15, 0.2) is 0 Å². The summed E-state index contributed by atoms with van der Waals surface area (Å²) in [7, 11) is 2.16. The highest BCUT2D eigenvalue weighted by Gasteiger charge is 2.25. The van der Waals surface area contributed by atoms with Gasteiger partial charge in [0.2, 0.25) is 0 Å². The first-order valence-corrected chi connectivity index (χ1v) is 9.15. The Kier molecular flexibility index (Phi) is 5.14. The maximum atomic E-state index is 5.85. The Morgan fingerprint density at radius 1 is 1.33 bits per heavy atom. The van der Waals surface area contributed by atoms with Crippen LogP contribution in [0, 0.1) is 0 Å². The molecule has 1 aliphatic heterocycles. The van der Waals surface area contributed by atoms with Crippen molar-refractivity contribution in [3.8, 4) is 0 Å². The molecule has 1 aromatic heterocycles. The second kappa shape index (κ2) is 7.07. The highest BCUT2D eigenvalue weighted by atomic mass is 32.1. The molecule has 0 radical (unpaired) electrons. The van der Waals surface area contributed by atoms with Gasteiger partial charge in [-0.1, -0.05) is 18.3 Å². The number of nitrogens with one attached hydrogen (secondary N) is 1. The van der Waals surface area contributed by atoms with Crippen molar-refractivity contribution in [3.05, 3.63) is 10.6 Å². The minimum atomic E-state index is 0.384. The first-order valence-electron chi connectivity index (χ1n) is 8.33. The molecular formula is C16H27N3OS. The van der Waals surface area contributed by atoms with Crippen LogP contribution in [-0.4, -0.2) is 37.8 Å². The number of anilines is 1. The van der Waals surface area contributed by atoms with Crippen LogP contribution in [0.25, 0.3) is 0 Å². The molecule has 1 saturated heterocycles. The first kappa shape index (κ1) is 15.3. The van der Waals surface area contributed by atoms with Gasteiger partial charge in [-0.2, -0.15) is 0 Å². The number of hydrogen-bond donors (Lipinski definition) is 1. The lowest BCUT2D eigenvalue weighted by Crippen LogP contribution is -2.33. The van der Waals surface area contributed by atoms with Crippen LogP contribution in [0.1, 0.15) is 55.6 Å². The summed E-state index contributed by atoms with van der Waals surface area (Å²) in [5, 5.41) is 4.77. The quantitative estimate of drug-likeness (QED) is 0.907. The van der Waals surface area contributed by atoms with Crippen LogP contribution in [0.5, 0.6) is 0 Å². The molecule has 0 aromatic carbocycles. The summed E-state index contributed by atoms with van der Waals surface area (Å²) in [5.74, 6) is 0. The van der Waals surface area contributed by atoms with E-state index in [-0.39, 0.29) is 0 Å². The molecule has 5 heteroatoms. The van der Waals surface area contributed by atoms with E-state index in [2.05, 4.69) is 24.2 Å². The molecule has 3 rings (SSSR count). The molecule has 118 valence electrons. The van der Waals surface area contributed by atoms with Gasteiger partial charge < -0.3 is 15.0 Å². The average molecular weight is 309 g/mol. The topological polar surface area (TPSA) is 37.4 Å². The monoisotopic (exact) mass is 309 g/mol. The predicted octanol–water partition coefficient (Wildman–Crippen LogP) is 3.14. The second-order valence-electron chi connectivity index (χ2n) is 6.18. The number of aromatic nitrogens is 1. The molecule has 1 aromatic rings. The number of ether oxygens (including phenoxy) is 1. The van der Waals surface area contributed by atoms with E-state index in [4.69, 9.17) is 9.72 Å². The van der Waals surface area contributed by atoms with Gasteiger partial charge in [-0.25, -0.2) is 4.98 Å². The highest BCUT2D eigenvalue weighted by molar-refractivity contribution is 7.15. The van der Waals surface area contributed by atoms with Crippen LogP contribution in [0.4, 0.5) is 5.13 Å². The molecule has 2 atom stereocenters. The van der Waals surface area contributed by atoms with Crippen molar-refractivity contribution in [2.45, 2.75) is 57.6 Å².